The van der Waals surface area contributed by atoms with Crippen molar-refractivity contribution in [1.29, 1.82) is 10.5 Å². The standard InChI is InChI=1S/C38H20N4O/c39-21-23-12-15-35-30(18-23)27-7-1-3-10-33(27)41(35)25-13-16-36-31(19-25)28-8-2-4-11-34(28)42(36)26-14-17-37-32(20-26)29-9-5-6-24(22-40)38(29)43-37/h1-20H. The lowest BCUT2D eigenvalue weighted by Gasteiger charge is -2.10. The molecule has 0 unspecified atom stereocenters. The fraction of sp³-hybridized carbons (Fsp3) is 0. The summed E-state index contributed by atoms with van der Waals surface area (Å²) in [6.07, 6.45) is 0. The topological polar surface area (TPSA) is 70.6 Å². The molecule has 0 aliphatic carbocycles. The van der Waals surface area contributed by atoms with E-state index < -0.39 is 0 Å². The van der Waals surface area contributed by atoms with Crippen molar-refractivity contribution in [3.63, 3.8) is 0 Å². The minimum atomic E-state index is 0.536. The summed E-state index contributed by atoms with van der Waals surface area (Å²) in [5.74, 6) is 0. The molecule has 43 heavy (non-hydrogen) atoms. The Hall–Kier alpha value is -6.30. The van der Waals surface area contributed by atoms with Crippen LogP contribution in [0.3, 0.4) is 0 Å². The SMILES string of the molecule is N#Cc1ccc2c(c1)c1ccccc1n2-c1ccc2c(c1)c1ccccc1n2-c1ccc2oc3c(C#N)cccc3c2c1. The molecule has 3 heterocycles. The van der Waals surface area contributed by atoms with Crippen LogP contribution in [0.5, 0.6) is 0 Å². The number of para-hydroxylation sites is 3. The van der Waals surface area contributed by atoms with Gasteiger partial charge in [-0.05, 0) is 72.8 Å². The summed E-state index contributed by atoms with van der Waals surface area (Å²) in [7, 11) is 0. The van der Waals surface area contributed by atoms with Crippen LogP contribution in [0.4, 0.5) is 0 Å². The van der Waals surface area contributed by atoms with Crippen molar-refractivity contribution in [3.8, 4) is 23.5 Å². The second-order valence-corrected chi connectivity index (χ2v) is 10.8. The minimum absolute atomic E-state index is 0.536. The van der Waals surface area contributed by atoms with Crippen LogP contribution in [-0.4, -0.2) is 9.13 Å². The number of fused-ring (bicyclic) bond motifs is 9. The van der Waals surface area contributed by atoms with Crippen LogP contribution in [0.15, 0.2) is 126 Å². The summed E-state index contributed by atoms with van der Waals surface area (Å²) < 4.78 is 10.7. The first-order valence-corrected chi connectivity index (χ1v) is 14.1. The van der Waals surface area contributed by atoms with Gasteiger partial charge >= 0.3 is 0 Å². The molecule has 198 valence electrons. The molecule has 3 aromatic heterocycles. The van der Waals surface area contributed by atoms with E-state index in [9.17, 15) is 10.5 Å². The van der Waals surface area contributed by atoms with Gasteiger partial charge in [-0.3, -0.25) is 0 Å². The summed E-state index contributed by atoms with van der Waals surface area (Å²) in [4.78, 5) is 0. The van der Waals surface area contributed by atoms with Crippen LogP contribution in [0.25, 0.3) is 76.9 Å². The second-order valence-electron chi connectivity index (χ2n) is 10.8. The van der Waals surface area contributed by atoms with E-state index >= 15 is 0 Å². The molecule has 9 rings (SSSR count). The van der Waals surface area contributed by atoms with Crippen LogP contribution in [0.1, 0.15) is 11.1 Å². The van der Waals surface area contributed by atoms with Crippen LogP contribution in [0.2, 0.25) is 0 Å². The van der Waals surface area contributed by atoms with Crippen molar-refractivity contribution in [2.45, 2.75) is 0 Å². The van der Waals surface area contributed by atoms with E-state index in [1.165, 1.54) is 0 Å². The Morgan fingerprint density at radius 2 is 1.05 bits per heavy atom. The van der Waals surface area contributed by atoms with E-state index in [1.807, 2.05) is 42.5 Å². The molecule has 9 aromatic rings. The highest BCUT2D eigenvalue weighted by molar-refractivity contribution is 6.13. The van der Waals surface area contributed by atoms with E-state index in [2.05, 4.69) is 94.1 Å². The summed E-state index contributed by atoms with van der Waals surface area (Å²) >= 11 is 0. The lowest BCUT2D eigenvalue weighted by Crippen LogP contribution is -1.95. The van der Waals surface area contributed by atoms with Crippen molar-refractivity contribution in [2.75, 3.05) is 0 Å². The average molecular weight is 549 g/mol. The third kappa shape index (κ3) is 3.19. The number of rotatable bonds is 2. The van der Waals surface area contributed by atoms with E-state index in [0.717, 1.165) is 71.3 Å². The first-order valence-electron chi connectivity index (χ1n) is 14.1. The summed E-state index contributed by atoms with van der Waals surface area (Å²) in [6, 6.07) is 45.9. The zero-order valence-electron chi connectivity index (χ0n) is 22.7. The maximum atomic E-state index is 9.60. The molecule has 0 radical (unpaired) electrons. The van der Waals surface area contributed by atoms with Gasteiger partial charge in [0.2, 0.25) is 0 Å². The lowest BCUT2D eigenvalue weighted by atomic mass is 10.1. The smallest absolute Gasteiger partial charge is 0.153 e. The van der Waals surface area contributed by atoms with E-state index in [0.29, 0.717) is 16.7 Å². The predicted octanol–water partition coefficient (Wildman–Crippen LogP) is 9.52. The van der Waals surface area contributed by atoms with Gasteiger partial charge in [0.25, 0.3) is 0 Å². The van der Waals surface area contributed by atoms with Gasteiger partial charge in [0.05, 0.1) is 39.3 Å². The van der Waals surface area contributed by atoms with Gasteiger partial charge in [0, 0.05) is 43.7 Å². The van der Waals surface area contributed by atoms with Crippen molar-refractivity contribution in [3.05, 3.63) is 132 Å². The van der Waals surface area contributed by atoms with E-state index in [1.54, 1.807) is 6.07 Å². The molecule has 0 saturated heterocycles. The average Bonchev–Trinajstić information content (AvgIpc) is 3.71. The van der Waals surface area contributed by atoms with Crippen LogP contribution < -0.4 is 0 Å². The normalized spacial score (nSPS) is 11.7. The van der Waals surface area contributed by atoms with Crippen molar-refractivity contribution in [2.24, 2.45) is 0 Å². The molecule has 0 N–H and O–H groups in total. The van der Waals surface area contributed by atoms with E-state index in [4.69, 9.17) is 4.42 Å². The fourth-order valence-corrected chi connectivity index (χ4v) is 6.71. The molecule has 0 saturated carbocycles. The van der Waals surface area contributed by atoms with Crippen LogP contribution >= 0.6 is 0 Å². The monoisotopic (exact) mass is 548 g/mol. The summed E-state index contributed by atoms with van der Waals surface area (Å²) in [5, 5.41) is 25.6. The Morgan fingerprint density at radius 3 is 1.74 bits per heavy atom. The number of hydrogen-bond donors (Lipinski definition) is 0. The zero-order chi connectivity index (χ0) is 28.7. The molecular formula is C38H20N4O. The highest BCUT2D eigenvalue weighted by atomic mass is 16.3. The third-order valence-electron chi connectivity index (χ3n) is 8.58. The Morgan fingerprint density at radius 1 is 0.465 bits per heavy atom. The zero-order valence-corrected chi connectivity index (χ0v) is 22.7. The number of nitriles is 2. The maximum Gasteiger partial charge on any atom is 0.153 e. The summed E-state index contributed by atoms with van der Waals surface area (Å²) in [6.45, 7) is 0. The Labute approximate surface area is 245 Å². The molecule has 0 spiro atoms. The number of nitrogens with zero attached hydrogens (tertiary/aromatic N) is 4. The van der Waals surface area contributed by atoms with Gasteiger partial charge in [0.15, 0.2) is 5.58 Å². The molecule has 0 amide bonds. The maximum absolute atomic E-state index is 9.60. The first kappa shape index (κ1) is 23.4. The van der Waals surface area contributed by atoms with Gasteiger partial charge in [-0.2, -0.15) is 10.5 Å². The third-order valence-corrected chi connectivity index (χ3v) is 8.58. The summed E-state index contributed by atoms with van der Waals surface area (Å²) in [5.41, 5.74) is 9.04. The fourth-order valence-electron chi connectivity index (χ4n) is 6.71. The number of benzene rings is 6. The molecule has 0 atom stereocenters. The Bertz CT molecular complexity index is 2710. The molecule has 5 nitrogen and oxygen atoms in total. The van der Waals surface area contributed by atoms with E-state index in [-0.39, 0.29) is 0 Å². The highest BCUT2D eigenvalue weighted by Crippen LogP contribution is 2.38. The predicted molar refractivity (Wildman–Crippen MR) is 172 cm³/mol. The Kier molecular flexibility index (Phi) is 4.68. The molecule has 0 aliphatic rings. The molecular weight excluding hydrogens is 528 g/mol. The largest absolute Gasteiger partial charge is 0.455 e. The molecule has 0 bridgehead atoms. The van der Waals surface area contributed by atoms with Gasteiger partial charge < -0.3 is 13.6 Å². The highest BCUT2D eigenvalue weighted by Gasteiger charge is 2.18. The molecule has 0 fully saturated rings. The number of furan rings is 1. The molecule has 5 heteroatoms. The molecule has 0 aliphatic heterocycles. The van der Waals surface area contributed by atoms with Gasteiger partial charge in [-0.15, -0.1) is 0 Å². The minimum Gasteiger partial charge on any atom is -0.455 e. The molecule has 6 aromatic carbocycles. The van der Waals surface area contributed by atoms with Gasteiger partial charge in [-0.25, -0.2) is 0 Å². The first-order chi connectivity index (χ1) is 21.2. The lowest BCUT2D eigenvalue weighted by molar-refractivity contribution is 0.667. The van der Waals surface area contributed by atoms with Crippen LogP contribution in [0, 0.1) is 22.7 Å². The van der Waals surface area contributed by atoms with Crippen molar-refractivity contribution in [1.82, 2.24) is 9.13 Å². The van der Waals surface area contributed by atoms with Gasteiger partial charge in [0.1, 0.15) is 11.7 Å². The van der Waals surface area contributed by atoms with Crippen molar-refractivity contribution < 1.29 is 4.42 Å². The van der Waals surface area contributed by atoms with Crippen molar-refractivity contribution >= 4 is 65.6 Å². The number of hydrogen-bond acceptors (Lipinski definition) is 3. The van der Waals surface area contributed by atoms with Crippen LogP contribution in [-0.2, 0) is 0 Å². The number of aromatic nitrogens is 2. The quantitative estimate of drug-likeness (QED) is 0.216. The second kappa shape index (κ2) is 8.60. The Balaban J connectivity index is 1.32. The van der Waals surface area contributed by atoms with Gasteiger partial charge in [-0.1, -0.05) is 48.5 Å².